The lowest BCUT2D eigenvalue weighted by Crippen LogP contribution is -2.41. The Kier molecular flexibility index (Phi) is 3.54. The molecule has 19 heavy (non-hydrogen) atoms. The number of carbonyl (C=O) groups is 1. The number of rotatable bonds is 3. The summed E-state index contributed by atoms with van der Waals surface area (Å²) < 4.78 is 10.9. The summed E-state index contributed by atoms with van der Waals surface area (Å²) in [6.45, 7) is 7.47. The van der Waals surface area contributed by atoms with E-state index in [1.165, 1.54) is 6.26 Å². The van der Waals surface area contributed by atoms with E-state index in [0.717, 1.165) is 11.3 Å². The molecule has 2 aromatic rings. The van der Waals surface area contributed by atoms with Crippen LogP contribution >= 0.6 is 15.9 Å². The summed E-state index contributed by atoms with van der Waals surface area (Å²) in [5, 5.41) is 6.83. The maximum Gasteiger partial charge on any atom is 0.288 e. The van der Waals surface area contributed by atoms with E-state index in [9.17, 15) is 4.79 Å². The lowest BCUT2D eigenvalue weighted by molar-refractivity contribution is 0.0882. The summed E-state index contributed by atoms with van der Waals surface area (Å²) in [5.74, 6) is 0.656. The third-order valence-electron chi connectivity index (χ3n) is 2.91. The SMILES string of the molecule is Cc1noc(C)c1C(C)(C)NC(=O)c1occc1Br. The second-order valence-corrected chi connectivity index (χ2v) is 5.73. The normalized spacial score (nSPS) is 11.6. The predicted molar refractivity (Wildman–Crippen MR) is 72.9 cm³/mol. The van der Waals surface area contributed by atoms with E-state index < -0.39 is 5.54 Å². The largest absolute Gasteiger partial charge is 0.458 e. The maximum atomic E-state index is 12.2. The highest BCUT2D eigenvalue weighted by Crippen LogP contribution is 2.28. The first-order chi connectivity index (χ1) is 8.83. The Morgan fingerprint density at radius 1 is 1.42 bits per heavy atom. The molecule has 0 radical (unpaired) electrons. The number of amides is 1. The maximum absolute atomic E-state index is 12.2. The molecule has 1 N–H and O–H groups in total. The Labute approximate surface area is 119 Å². The number of aryl methyl sites for hydroxylation is 2. The molecule has 0 aliphatic rings. The monoisotopic (exact) mass is 326 g/mol. The van der Waals surface area contributed by atoms with E-state index in [1.54, 1.807) is 6.07 Å². The van der Waals surface area contributed by atoms with Crippen LogP contribution < -0.4 is 5.32 Å². The molecule has 0 aromatic carbocycles. The van der Waals surface area contributed by atoms with Crippen molar-refractivity contribution in [3.63, 3.8) is 0 Å². The smallest absolute Gasteiger partial charge is 0.288 e. The summed E-state index contributed by atoms with van der Waals surface area (Å²) in [4.78, 5) is 12.2. The van der Waals surface area contributed by atoms with Crippen molar-refractivity contribution >= 4 is 21.8 Å². The molecule has 0 bridgehead atoms. The molecule has 0 saturated carbocycles. The summed E-state index contributed by atoms with van der Waals surface area (Å²) in [7, 11) is 0. The van der Waals surface area contributed by atoms with E-state index in [-0.39, 0.29) is 11.7 Å². The first-order valence-electron chi connectivity index (χ1n) is 5.82. The van der Waals surface area contributed by atoms with Gasteiger partial charge < -0.3 is 14.3 Å². The Morgan fingerprint density at radius 2 is 2.11 bits per heavy atom. The van der Waals surface area contributed by atoms with Gasteiger partial charge in [-0.25, -0.2) is 0 Å². The number of hydrogen-bond acceptors (Lipinski definition) is 4. The van der Waals surface area contributed by atoms with Crippen LogP contribution in [-0.4, -0.2) is 11.1 Å². The quantitative estimate of drug-likeness (QED) is 0.939. The first kappa shape index (κ1) is 13.9. The van der Waals surface area contributed by atoms with Crippen molar-refractivity contribution in [2.24, 2.45) is 0 Å². The molecule has 5 nitrogen and oxygen atoms in total. The Hall–Kier alpha value is -1.56. The highest BCUT2D eigenvalue weighted by Gasteiger charge is 2.31. The molecule has 0 aliphatic heterocycles. The van der Waals surface area contributed by atoms with E-state index in [2.05, 4.69) is 26.4 Å². The average molecular weight is 327 g/mol. The minimum Gasteiger partial charge on any atom is -0.458 e. The zero-order valence-electron chi connectivity index (χ0n) is 11.2. The van der Waals surface area contributed by atoms with Crippen molar-refractivity contribution < 1.29 is 13.7 Å². The minimum atomic E-state index is -0.600. The Bertz CT molecular complexity index is 594. The molecule has 2 rings (SSSR count). The fourth-order valence-electron chi connectivity index (χ4n) is 2.23. The van der Waals surface area contributed by atoms with E-state index in [0.29, 0.717) is 10.2 Å². The van der Waals surface area contributed by atoms with Gasteiger partial charge in [0.2, 0.25) is 5.76 Å². The zero-order valence-corrected chi connectivity index (χ0v) is 12.8. The van der Waals surface area contributed by atoms with E-state index in [4.69, 9.17) is 8.94 Å². The number of nitrogens with zero attached hydrogens (tertiary/aromatic N) is 1. The molecule has 102 valence electrons. The fraction of sp³-hybridized carbons (Fsp3) is 0.385. The number of nitrogens with one attached hydrogen (secondary N) is 1. The Morgan fingerprint density at radius 3 is 2.58 bits per heavy atom. The first-order valence-corrected chi connectivity index (χ1v) is 6.61. The summed E-state index contributed by atoms with van der Waals surface area (Å²) >= 11 is 3.27. The van der Waals surface area contributed by atoms with Gasteiger partial charge in [-0.05, 0) is 49.7 Å². The van der Waals surface area contributed by atoms with Gasteiger partial charge in [-0.2, -0.15) is 0 Å². The van der Waals surface area contributed by atoms with E-state index in [1.807, 2.05) is 27.7 Å². The van der Waals surface area contributed by atoms with Crippen LogP contribution in [0.1, 0.15) is 41.4 Å². The van der Waals surface area contributed by atoms with Crippen molar-refractivity contribution in [2.75, 3.05) is 0 Å². The third-order valence-corrected chi connectivity index (χ3v) is 3.53. The van der Waals surface area contributed by atoms with Gasteiger partial charge in [0.25, 0.3) is 5.91 Å². The second kappa shape index (κ2) is 4.85. The van der Waals surface area contributed by atoms with Gasteiger partial charge in [0.15, 0.2) is 0 Å². The molecular formula is C13H15BrN2O3. The predicted octanol–water partition coefficient (Wildman–Crippen LogP) is 3.31. The van der Waals surface area contributed by atoms with Crippen molar-refractivity contribution in [1.82, 2.24) is 10.5 Å². The van der Waals surface area contributed by atoms with Gasteiger partial charge in [-0.1, -0.05) is 5.16 Å². The van der Waals surface area contributed by atoms with Crippen molar-refractivity contribution in [3.05, 3.63) is 39.6 Å². The van der Waals surface area contributed by atoms with Gasteiger partial charge in [0, 0.05) is 5.56 Å². The molecule has 6 heteroatoms. The highest BCUT2D eigenvalue weighted by molar-refractivity contribution is 9.10. The molecule has 0 fully saturated rings. The zero-order chi connectivity index (χ0) is 14.2. The van der Waals surface area contributed by atoms with Crippen LogP contribution in [-0.2, 0) is 5.54 Å². The Balaban J connectivity index is 2.27. The molecule has 2 heterocycles. The van der Waals surface area contributed by atoms with Crippen LogP contribution in [0, 0.1) is 13.8 Å². The summed E-state index contributed by atoms with van der Waals surface area (Å²) in [6.07, 6.45) is 1.46. The average Bonchev–Trinajstić information content (AvgIpc) is 2.84. The number of furan rings is 1. The van der Waals surface area contributed by atoms with Gasteiger partial charge >= 0.3 is 0 Å². The molecule has 0 unspecified atom stereocenters. The number of hydrogen-bond donors (Lipinski definition) is 1. The van der Waals surface area contributed by atoms with Crippen LogP contribution in [0.15, 0.2) is 25.7 Å². The molecule has 0 saturated heterocycles. The minimum absolute atomic E-state index is 0.250. The summed E-state index contributed by atoms with van der Waals surface area (Å²) in [6, 6.07) is 1.68. The highest BCUT2D eigenvalue weighted by atomic mass is 79.9. The van der Waals surface area contributed by atoms with Crippen molar-refractivity contribution in [3.8, 4) is 0 Å². The van der Waals surface area contributed by atoms with Gasteiger partial charge in [-0.3, -0.25) is 4.79 Å². The van der Waals surface area contributed by atoms with Gasteiger partial charge in [0.05, 0.1) is 22.0 Å². The lowest BCUT2D eigenvalue weighted by Gasteiger charge is -2.25. The third kappa shape index (κ3) is 2.58. The van der Waals surface area contributed by atoms with Crippen molar-refractivity contribution in [1.29, 1.82) is 0 Å². The van der Waals surface area contributed by atoms with Crippen LogP contribution in [0.3, 0.4) is 0 Å². The van der Waals surface area contributed by atoms with Crippen LogP contribution in [0.4, 0.5) is 0 Å². The summed E-state index contributed by atoms with van der Waals surface area (Å²) in [5.41, 5.74) is 1.04. The molecule has 1 amide bonds. The fourth-order valence-corrected chi connectivity index (χ4v) is 2.62. The lowest BCUT2D eigenvalue weighted by atomic mass is 9.92. The van der Waals surface area contributed by atoms with Crippen LogP contribution in [0.2, 0.25) is 0 Å². The standard InChI is InChI=1S/C13H15BrN2O3/c1-7-10(8(2)19-16-7)13(3,4)15-12(17)11-9(14)5-6-18-11/h5-6H,1-4H3,(H,15,17). The topological polar surface area (TPSA) is 68.3 Å². The number of halogens is 1. The molecule has 0 aliphatic carbocycles. The molecule has 0 atom stereocenters. The second-order valence-electron chi connectivity index (χ2n) is 4.88. The number of carbonyl (C=O) groups excluding carboxylic acids is 1. The molecule has 0 spiro atoms. The van der Waals surface area contributed by atoms with Crippen LogP contribution in [0.5, 0.6) is 0 Å². The van der Waals surface area contributed by atoms with Crippen molar-refractivity contribution in [2.45, 2.75) is 33.2 Å². The van der Waals surface area contributed by atoms with E-state index >= 15 is 0 Å². The van der Waals surface area contributed by atoms with Gasteiger partial charge in [-0.15, -0.1) is 0 Å². The van der Waals surface area contributed by atoms with Gasteiger partial charge in [0.1, 0.15) is 5.76 Å². The number of aromatic nitrogens is 1. The molecule has 2 aromatic heterocycles. The van der Waals surface area contributed by atoms with Crippen LogP contribution in [0.25, 0.3) is 0 Å². The molecular weight excluding hydrogens is 312 g/mol.